The summed E-state index contributed by atoms with van der Waals surface area (Å²) in [6, 6.07) is 8.99. The minimum atomic E-state index is -0.580. The molecule has 2 amide bonds. The van der Waals surface area contributed by atoms with Gasteiger partial charge in [-0.3, -0.25) is 14.5 Å². The predicted octanol–water partition coefficient (Wildman–Crippen LogP) is -0.272. The van der Waals surface area contributed by atoms with E-state index in [0.717, 1.165) is 19.6 Å². The molecule has 0 radical (unpaired) electrons. The van der Waals surface area contributed by atoms with Crippen molar-refractivity contribution in [1.82, 2.24) is 9.80 Å². The smallest absolute Gasteiger partial charge is 0.313 e. The molecule has 0 atom stereocenters. The van der Waals surface area contributed by atoms with Gasteiger partial charge in [0.2, 0.25) is 0 Å². The molecular formula is C14H20N4O2. The van der Waals surface area contributed by atoms with E-state index in [1.165, 1.54) is 0 Å². The molecule has 6 heteroatoms. The van der Waals surface area contributed by atoms with Gasteiger partial charge in [0, 0.05) is 45.0 Å². The summed E-state index contributed by atoms with van der Waals surface area (Å²) in [7, 11) is 0. The van der Waals surface area contributed by atoms with Crippen LogP contribution in [-0.2, 0) is 9.59 Å². The minimum Gasteiger partial charge on any atom is -0.332 e. The number of hydrogen-bond donors (Lipinski definition) is 2. The first kappa shape index (κ1) is 14.5. The SMILES string of the molecule is NCCN1CCN(C(=O)C(=O)Nc2ccccc2)CC1. The lowest BCUT2D eigenvalue weighted by atomic mass is 10.3. The van der Waals surface area contributed by atoms with Crippen molar-refractivity contribution < 1.29 is 9.59 Å². The highest BCUT2D eigenvalue weighted by Gasteiger charge is 2.25. The first-order valence-corrected chi connectivity index (χ1v) is 6.78. The molecule has 0 aromatic heterocycles. The van der Waals surface area contributed by atoms with Crippen LogP contribution in [0.2, 0.25) is 0 Å². The molecule has 1 heterocycles. The molecule has 6 nitrogen and oxygen atoms in total. The summed E-state index contributed by atoms with van der Waals surface area (Å²) < 4.78 is 0. The number of amides is 2. The lowest BCUT2D eigenvalue weighted by Gasteiger charge is -2.34. The van der Waals surface area contributed by atoms with E-state index >= 15 is 0 Å². The molecule has 1 aromatic rings. The van der Waals surface area contributed by atoms with Gasteiger partial charge in [-0.25, -0.2) is 0 Å². The molecule has 0 unspecified atom stereocenters. The maximum Gasteiger partial charge on any atom is 0.313 e. The molecule has 0 saturated carbocycles. The number of nitrogens with zero attached hydrogens (tertiary/aromatic N) is 2. The molecule has 0 spiro atoms. The molecule has 1 fully saturated rings. The Hall–Kier alpha value is -1.92. The fraction of sp³-hybridized carbons (Fsp3) is 0.429. The average Bonchev–Trinajstić information content (AvgIpc) is 2.48. The molecule has 1 aliphatic heterocycles. The Balaban J connectivity index is 1.84. The van der Waals surface area contributed by atoms with Gasteiger partial charge in [0.1, 0.15) is 0 Å². The summed E-state index contributed by atoms with van der Waals surface area (Å²) in [6.07, 6.45) is 0. The summed E-state index contributed by atoms with van der Waals surface area (Å²) in [6.45, 7) is 4.12. The predicted molar refractivity (Wildman–Crippen MR) is 77.1 cm³/mol. The van der Waals surface area contributed by atoms with E-state index in [0.29, 0.717) is 25.3 Å². The molecule has 3 N–H and O–H groups in total. The summed E-state index contributed by atoms with van der Waals surface area (Å²) in [5, 5.41) is 2.61. The fourth-order valence-electron chi connectivity index (χ4n) is 2.21. The number of nitrogens with one attached hydrogen (secondary N) is 1. The zero-order valence-corrected chi connectivity index (χ0v) is 11.4. The molecule has 0 aliphatic carbocycles. The van der Waals surface area contributed by atoms with E-state index in [-0.39, 0.29) is 0 Å². The van der Waals surface area contributed by atoms with Gasteiger partial charge >= 0.3 is 11.8 Å². The third kappa shape index (κ3) is 3.79. The molecular weight excluding hydrogens is 256 g/mol. The van der Waals surface area contributed by atoms with Gasteiger partial charge in [0.15, 0.2) is 0 Å². The number of carbonyl (C=O) groups is 2. The van der Waals surface area contributed by atoms with Crippen LogP contribution < -0.4 is 11.1 Å². The second-order valence-corrected chi connectivity index (χ2v) is 4.74. The number of nitrogens with two attached hydrogens (primary N) is 1. The van der Waals surface area contributed by atoms with E-state index in [9.17, 15) is 9.59 Å². The molecule has 1 saturated heterocycles. The zero-order valence-electron chi connectivity index (χ0n) is 11.4. The second-order valence-electron chi connectivity index (χ2n) is 4.74. The standard InChI is InChI=1S/C14H20N4O2/c15-6-7-17-8-10-18(11-9-17)14(20)13(19)16-12-4-2-1-3-5-12/h1-5H,6-11,15H2,(H,16,19). The molecule has 1 aromatic carbocycles. The van der Waals surface area contributed by atoms with Gasteiger partial charge in [-0.15, -0.1) is 0 Å². The van der Waals surface area contributed by atoms with Gasteiger partial charge < -0.3 is 16.0 Å². The topological polar surface area (TPSA) is 78.7 Å². The van der Waals surface area contributed by atoms with Gasteiger partial charge in [0.25, 0.3) is 0 Å². The van der Waals surface area contributed by atoms with Gasteiger partial charge in [-0.1, -0.05) is 18.2 Å². The summed E-state index contributed by atoms with van der Waals surface area (Å²) in [5.74, 6) is -1.05. The molecule has 0 bridgehead atoms. The average molecular weight is 276 g/mol. The maximum absolute atomic E-state index is 12.0. The second kappa shape index (κ2) is 7.02. The monoisotopic (exact) mass is 276 g/mol. The van der Waals surface area contributed by atoms with Crippen LogP contribution >= 0.6 is 0 Å². The zero-order chi connectivity index (χ0) is 14.4. The van der Waals surface area contributed by atoms with Crippen LogP contribution in [0.5, 0.6) is 0 Å². The first-order chi connectivity index (χ1) is 9.70. The van der Waals surface area contributed by atoms with Gasteiger partial charge in [-0.05, 0) is 12.1 Å². The lowest BCUT2D eigenvalue weighted by Crippen LogP contribution is -2.52. The fourth-order valence-corrected chi connectivity index (χ4v) is 2.21. The first-order valence-electron chi connectivity index (χ1n) is 6.78. The Morgan fingerprint density at radius 3 is 2.35 bits per heavy atom. The van der Waals surface area contributed by atoms with Crippen molar-refractivity contribution >= 4 is 17.5 Å². The molecule has 1 aliphatic rings. The van der Waals surface area contributed by atoms with Crippen molar-refractivity contribution in [3.8, 4) is 0 Å². The van der Waals surface area contributed by atoms with E-state index in [1.807, 2.05) is 18.2 Å². The number of benzene rings is 1. The normalized spacial score (nSPS) is 15.9. The van der Waals surface area contributed by atoms with E-state index < -0.39 is 11.8 Å². The third-order valence-corrected chi connectivity index (χ3v) is 3.33. The molecule has 20 heavy (non-hydrogen) atoms. The number of para-hydroxylation sites is 1. The van der Waals surface area contributed by atoms with Crippen LogP contribution in [0.3, 0.4) is 0 Å². The Bertz CT molecular complexity index is 456. The lowest BCUT2D eigenvalue weighted by molar-refractivity contribution is -0.144. The number of anilines is 1. The quantitative estimate of drug-likeness (QED) is 0.745. The van der Waals surface area contributed by atoms with E-state index in [4.69, 9.17) is 5.73 Å². The molecule has 108 valence electrons. The van der Waals surface area contributed by atoms with E-state index in [2.05, 4.69) is 10.2 Å². The van der Waals surface area contributed by atoms with Crippen molar-refractivity contribution in [3.05, 3.63) is 30.3 Å². The Morgan fingerprint density at radius 1 is 1.10 bits per heavy atom. The van der Waals surface area contributed by atoms with Crippen molar-refractivity contribution in [2.24, 2.45) is 5.73 Å². The summed E-state index contributed by atoms with van der Waals surface area (Å²) >= 11 is 0. The van der Waals surface area contributed by atoms with Crippen LogP contribution in [0.25, 0.3) is 0 Å². The highest BCUT2D eigenvalue weighted by Crippen LogP contribution is 2.07. The summed E-state index contributed by atoms with van der Waals surface area (Å²) in [4.78, 5) is 27.7. The minimum absolute atomic E-state index is 0.471. The van der Waals surface area contributed by atoms with Gasteiger partial charge in [0.05, 0.1) is 0 Å². The Labute approximate surface area is 118 Å². The van der Waals surface area contributed by atoms with E-state index in [1.54, 1.807) is 17.0 Å². The Morgan fingerprint density at radius 2 is 1.75 bits per heavy atom. The van der Waals surface area contributed by atoms with Crippen LogP contribution in [0, 0.1) is 0 Å². The number of carbonyl (C=O) groups excluding carboxylic acids is 2. The number of rotatable bonds is 3. The highest BCUT2D eigenvalue weighted by atomic mass is 16.2. The number of hydrogen-bond acceptors (Lipinski definition) is 4. The Kier molecular flexibility index (Phi) is 5.09. The van der Waals surface area contributed by atoms with Crippen molar-refractivity contribution in [3.63, 3.8) is 0 Å². The summed E-state index contributed by atoms with van der Waals surface area (Å²) in [5.41, 5.74) is 6.13. The number of piperazine rings is 1. The van der Waals surface area contributed by atoms with Crippen molar-refractivity contribution in [1.29, 1.82) is 0 Å². The maximum atomic E-state index is 12.0. The van der Waals surface area contributed by atoms with Crippen molar-refractivity contribution in [2.45, 2.75) is 0 Å². The van der Waals surface area contributed by atoms with Crippen LogP contribution in [0.15, 0.2) is 30.3 Å². The van der Waals surface area contributed by atoms with Crippen molar-refractivity contribution in [2.75, 3.05) is 44.6 Å². The highest BCUT2D eigenvalue weighted by molar-refractivity contribution is 6.39. The van der Waals surface area contributed by atoms with Gasteiger partial charge in [-0.2, -0.15) is 0 Å². The van der Waals surface area contributed by atoms with Crippen LogP contribution in [0.1, 0.15) is 0 Å². The van der Waals surface area contributed by atoms with Crippen LogP contribution in [0.4, 0.5) is 5.69 Å². The molecule has 2 rings (SSSR count). The van der Waals surface area contributed by atoms with Crippen LogP contribution in [-0.4, -0.2) is 60.9 Å². The largest absolute Gasteiger partial charge is 0.332 e. The third-order valence-electron chi connectivity index (χ3n) is 3.33.